The number of amides is 3. The summed E-state index contributed by atoms with van der Waals surface area (Å²) in [6, 6.07) is 5.33. The third-order valence-electron chi connectivity index (χ3n) is 8.68. The average Bonchev–Trinajstić information content (AvgIpc) is 3.15. The normalized spacial score (nSPS) is 34.7. The van der Waals surface area contributed by atoms with Gasteiger partial charge in [0.25, 0.3) is 5.91 Å². The molecule has 198 valence electrons. The number of carbonyl (C=O) groups is 3. The zero-order valence-corrected chi connectivity index (χ0v) is 22.4. The van der Waals surface area contributed by atoms with E-state index in [0.717, 1.165) is 0 Å². The van der Waals surface area contributed by atoms with Gasteiger partial charge in [0.2, 0.25) is 11.8 Å². The highest BCUT2D eigenvalue weighted by Gasteiger charge is 2.75. The zero-order chi connectivity index (χ0) is 26.7. The Kier molecular flexibility index (Phi) is 6.49. The molecular weight excluding hydrogens is 494 g/mol. The number of halogens is 1. The number of ether oxygens (including phenoxy) is 1. The van der Waals surface area contributed by atoms with Gasteiger partial charge < -0.3 is 24.5 Å². The van der Waals surface area contributed by atoms with Crippen molar-refractivity contribution < 1.29 is 24.2 Å². The van der Waals surface area contributed by atoms with Crippen LogP contribution in [0.4, 0.5) is 5.69 Å². The second-order valence-electron chi connectivity index (χ2n) is 10.8. The summed E-state index contributed by atoms with van der Waals surface area (Å²) >= 11 is 6.10. The molecule has 4 aliphatic rings. The molecule has 0 aromatic heterocycles. The van der Waals surface area contributed by atoms with E-state index in [1.165, 1.54) is 4.90 Å². The Balaban J connectivity index is 1.69. The van der Waals surface area contributed by atoms with Crippen LogP contribution in [0.15, 0.2) is 48.6 Å². The molecule has 2 saturated heterocycles. The van der Waals surface area contributed by atoms with E-state index in [4.69, 9.17) is 16.3 Å². The number of hydrogen-bond donors (Lipinski definition) is 1. The van der Waals surface area contributed by atoms with Gasteiger partial charge in [0.05, 0.1) is 30.1 Å². The molecule has 37 heavy (non-hydrogen) atoms. The number of carbonyl (C=O) groups excluding carboxylic acids is 3. The summed E-state index contributed by atoms with van der Waals surface area (Å²) in [6.45, 7) is 6.16. The lowest BCUT2D eigenvalue weighted by Gasteiger charge is -2.41. The van der Waals surface area contributed by atoms with Crippen molar-refractivity contribution in [3.63, 3.8) is 0 Å². The van der Waals surface area contributed by atoms with Crippen molar-refractivity contribution in [1.82, 2.24) is 9.80 Å². The van der Waals surface area contributed by atoms with Crippen molar-refractivity contribution in [2.24, 2.45) is 17.8 Å². The van der Waals surface area contributed by atoms with Crippen LogP contribution in [0.5, 0.6) is 0 Å². The van der Waals surface area contributed by atoms with Gasteiger partial charge in [-0.15, -0.1) is 0 Å². The molecule has 2 fully saturated rings. The molecule has 0 saturated carbocycles. The van der Waals surface area contributed by atoms with Crippen molar-refractivity contribution in [3.8, 4) is 0 Å². The van der Waals surface area contributed by atoms with Crippen LogP contribution in [-0.2, 0) is 19.1 Å². The van der Waals surface area contributed by atoms with Gasteiger partial charge in [0.1, 0.15) is 11.6 Å². The van der Waals surface area contributed by atoms with E-state index in [2.05, 4.69) is 0 Å². The van der Waals surface area contributed by atoms with Crippen molar-refractivity contribution in [2.45, 2.75) is 50.5 Å². The van der Waals surface area contributed by atoms with Gasteiger partial charge in [-0.3, -0.25) is 14.4 Å². The minimum absolute atomic E-state index is 0.0763. The number of aliphatic hydroxyl groups is 1. The zero-order valence-electron chi connectivity index (χ0n) is 21.6. The fourth-order valence-corrected chi connectivity index (χ4v) is 6.73. The summed E-state index contributed by atoms with van der Waals surface area (Å²) in [5.41, 5.74) is -1.77. The first-order chi connectivity index (χ1) is 17.6. The second-order valence-corrected chi connectivity index (χ2v) is 11.3. The Morgan fingerprint density at radius 3 is 2.38 bits per heavy atom. The lowest BCUT2D eigenvalue weighted by molar-refractivity contribution is -0.152. The monoisotopic (exact) mass is 527 g/mol. The summed E-state index contributed by atoms with van der Waals surface area (Å²) in [4.78, 5) is 47.2. The van der Waals surface area contributed by atoms with Gasteiger partial charge in [-0.2, -0.15) is 0 Å². The average molecular weight is 528 g/mol. The predicted octanol–water partition coefficient (Wildman–Crippen LogP) is 2.65. The fraction of sp³-hybridized carbons (Fsp3) is 0.536. The minimum Gasteiger partial charge on any atom is -0.394 e. The molecule has 1 spiro atoms. The van der Waals surface area contributed by atoms with Crippen LogP contribution in [0.25, 0.3) is 0 Å². The molecule has 1 N–H and O–H groups in total. The molecule has 0 radical (unpaired) electrons. The lowest BCUT2D eigenvalue weighted by atomic mass is 9.74. The Morgan fingerprint density at radius 2 is 1.73 bits per heavy atom. The highest BCUT2D eigenvalue weighted by molar-refractivity contribution is 6.30. The topological polar surface area (TPSA) is 90.4 Å². The smallest absolute Gasteiger partial charge is 0.253 e. The van der Waals surface area contributed by atoms with E-state index in [-0.39, 0.29) is 36.8 Å². The minimum atomic E-state index is -1.35. The molecule has 1 aromatic rings. The number of nitrogens with zero attached hydrogens (tertiary/aromatic N) is 3. The molecular formula is C28H34ClN3O5. The highest BCUT2D eigenvalue weighted by atomic mass is 35.5. The maximum absolute atomic E-state index is 14.4. The molecule has 9 heteroatoms. The molecule has 8 nitrogen and oxygen atoms in total. The Labute approximate surface area is 222 Å². The molecule has 0 bridgehead atoms. The number of anilines is 1. The summed E-state index contributed by atoms with van der Waals surface area (Å²) in [5, 5.41) is 11.0. The molecule has 5 rings (SSSR count). The summed E-state index contributed by atoms with van der Waals surface area (Å²) in [7, 11) is 1.71. The lowest BCUT2D eigenvalue weighted by Crippen LogP contribution is -2.60. The SMILES string of the molecule is CC[C@H](C)[C@H](CO)N1C(=O)[C@@H]2[C@@H]3C(=O)N(C)CC=C[C@]3(C)O[C@@]23C=CCN(c2ccc(Cl)cc2)C(=O)C13. The van der Waals surface area contributed by atoms with E-state index >= 15 is 0 Å². The van der Waals surface area contributed by atoms with Gasteiger partial charge in [-0.1, -0.05) is 56.2 Å². The highest BCUT2D eigenvalue weighted by Crippen LogP contribution is 2.58. The van der Waals surface area contributed by atoms with Crippen LogP contribution in [0, 0.1) is 17.8 Å². The number of aliphatic hydroxyl groups excluding tert-OH is 1. The van der Waals surface area contributed by atoms with Crippen LogP contribution in [0.2, 0.25) is 5.02 Å². The van der Waals surface area contributed by atoms with Gasteiger partial charge in [0.15, 0.2) is 0 Å². The Hall–Kier alpha value is -2.68. The number of rotatable bonds is 5. The van der Waals surface area contributed by atoms with Gasteiger partial charge in [-0.25, -0.2) is 0 Å². The number of hydrogen-bond acceptors (Lipinski definition) is 5. The van der Waals surface area contributed by atoms with Crippen molar-refractivity contribution in [2.75, 3.05) is 31.6 Å². The van der Waals surface area contributed by atoms with Gasteiger partial charge >= 0.3 is 0 Å². The van der Waals surface area contributed by atoms with Crippen molar-refractivity contribution in [1.29, 1.82) is 0 Å². The van der Waals surface area contributed by atoms with Crippen LogP contribution in [-0.4, -0.2) is 82.7 Å². The number of fused-ring (bicyclic) bond motifs is 2. The predicted molar refractivity (Wildman–Crippen MR) is 140 cm³/mol. The Morgan fingerprint density at radius 1 is 1.05 bits per heavy atom. The first-order valence-corrected chi connectivity index (χ1v) is 13.3. The van der Waals surface area contributed by atoms with E-state index in [1.807, 2.05) is 45.1 Å². The molecule has 4 heterocycles. The second kappa shape index (κ2) is 9.26. The number of benzene rings is 1. The fourth-order valence-electron chi connectivity index (χ4n) is 6.61. The van der Waals surface area contributed by atoms with Crippen LogP contribution in [0.3, 0.4) is 0 Å². The third-order valence-corrected chi connectivity index (χ3v) is 8.93. The van der Waals surface area contributed by atoms with Gasteiger partial charge in [0, 0.05) is 30.8 Å². The van der Waals surface area contributed by atoms with Gasteiger partial charge in [-0.05, 0) is 37.1 Å². The summed E-state index contributed by atoms with van der Waals surface area (Å²) in [6.07, 6.45) is 8.11. The molecule has 1 aromatic carbocycles. The Bertz CT molecular complexity index is 1170. The summed E-state index contributed by atoms with van der Waals surface area (Å²) < 4.78 is 6.80. The molecule has 1 unspecified atom stereocenters. The number of likely N-dealkylation sites (tertiary alicyclic amines) is 1. The first kappa shape index (κ1) is 25.9. The van der Waals surface area contributed by atoms with Crippen LogP contribution >= 0.6 is 11.6 Å². The van der Waals surface area contributed by atoms with E-state index < -0.39 is 35.1 Å². The molecule has 3 amide bonds. The largest absolute Gasteiger partial charge is 0.394 e. The van der Waals surface area contributed by atoms with E-state index in [9.17, 15) is 19.5 Å². The van der Waals surface area contributed by atoms with Crippen LogP contribution < -0.4 is 4.90 Å². The number of likely N-dealkylation sites (N-methyl/N-ethyl adjacent to an activating group) is 1. The van der Waals surface area contributed by atoms with Crippen molar-refractivity contribution >= 4 is 35.0 Å². The maximum atomic E-state index is 14.4. The summed E-state index contributed by atoms with van der Waals surface area (Å²) in [5.74, 6) is -2.60. The molecule has 7 atom stereocenters. The molecule has 0 aliphatic carbocycles. The standard InChI is InChI=1S/C28H34ClN3O5/c1-5-17(2)20(16-33)32-23-26(36)31(19-10-8-18(29)9-11-19)15-7-13-28(23)22(25(32)35)21-24(34)30(4)14-6-12-27(21,3)37-28/h6-13,17,20-23,33H,5,14-16H2,1-4H3/t17-,20-,21+,22-,23?,27-,28-/m0/s1. The molecule has 4 aliphatic heterocycles. The third kappa shape index (κ3) is 3.75. The van der Waals surface area contributed by atoms with Crippen LogP contribution in [0.1, 0.15) is 27.2 Å². The maximum Gasteiger partial charge on any atom is 0.253 e. The first-order valence-electron chi connectivity index (χ1n) is 12.9. The quantitative estimate of drug-likeness (QED) is 0.595. The van der Waals surface area contributed by atoms with E-state index in [0.29, 0.717) is 23.7 Å². The van der Waals surface area contributed by atoms with Crippen molar-refractivity contribution in [3.05, 3.63) is 53.6 Å². The van der Waals surface area contributed by atoms with E-state index in [1.54, 1.807) is 41.1 Å².